The highest BCUT2D eigenvalue weighted by molar-refractivity contribution is 9.10. The first-order valence-corrected chi connectivity index (χ1v) is 11.2. The molecule has 0 radical (unpaired) electrons. The van der Waals surface area contributed by atoms with E-state index in [1.54, 1.807) is 16.9 Å². The quantitative estimate of drug-likeness (QED) is 0.277. The molecule has 0 bridgehead atoms. The summed E-state index contributed by atoms with van der Waals surface area (Å²) in [5, 5.41) is 14.2. The third-order valence-corrected chi connectivity index (χ3v) is 5.68. The molecular formula is C24H21BrN8. The highest BCUT2D eigenvalue weighted by Gasteiger charge is 2.12. The minimum Gasteiger partial charge on any atom is -0.388 e. The fraction of sp³-hybridized carbons (Fsp3) is 0.0833. The topological polar surface area (TPSA) is 92.1 Å². The standard InChI is InChI=1S/C24H21BrN8/c1-26-18-9-11-19(12-10-18)30-23-31-22-20(25)15-29-33(22)24(32-23)28-14-16-5-7-17(8-6-16)21-4-2-3-13-27-21/h2-13,15,26H,14H2,1H3,(H2,28,30,31,32). The number of aromatic nitrogens is 5. The Bertz CT molecular complexity index is 1370. The predicted molar refractivity (Wildman–Crippen MR) is 135 cm³/mol. The minimum absolute atomic E-state index is 0.480. The van der Waals surface area contributed by atoms with Crippen LogP contribution in [0, 0.1) is 0 Å². The highest BCUT2D eigenvalue weighted by Crippen LogP contribution is 2.23. The number of fused-ring (bicyclic) bond motifs is 1. The fourth-order valence-corrected chi connectivity index (χ4v) is 3.73. The van der Waals surface area contributed by atoms with Crippen LogP contribution < -0.4 is 16.0 Å². The summed E-state index contributed by atoms with van der Waals surface area (Å²) in [5.41, 5.74) is 5.75. The number of nitrogens with zero attached hydrogens (tertiary/aromatic N) is 5. The van der Waals surface area contributed by atoms with Crippen LogP contribution in [0.3, 0.4) is 0 Å². The lowest BCUT2D eigenvalue weighted by atomic mass is 10.1. The largest absolute Gasteiger partial charge is 0.388 e. The zero-order valence-corrected chi connectivity index (χ0v) is 19.4. The lowest BCUT2D eigenvalue weighted by Gasteiger charge is -2.11. The molecule has 5 aromatic rings. The molecule has 0 amide bonds. The Labute approximate surface area is 199 Å². The third kappa shape index (κ3) is 4.63. The van der Waals surface area contributed by atoms with Crippen molar-refractivity contribution in [3.63, 3.8) is 0 Å². The molecule has 0 saturated heterocycles. The number of benzene rings is 2. The molecule has 164 valence electrons. The van der Waals surface area contributed by atoms with Gasteiger partial charge in [-0.3, -0.25) is 4.98 Å². The molecule has 2 aromatic carbocycles. The number of hydrogen-bond acceptors (Lipinski definition) is 7. The fourth-order valence-electron chi connectivity index (χ4n) is 3.38. The molecular weight excluding hydrogens is 480 g/mol. The van der Waals surface area contributed by atoms with Gasteiger partial charge in [-0.25, -0.2) is 0 Å². The van der Waals surface area contributed by atoms with E-state index in [1.807, 2.05) is 49.5 Å². The Balaban J connectivity index is 1.37. The van der Waals surface area contributed by atoms with Gasteiger partial charge in [-0.2, -0.15) is 19.6 Å². The number of hydrogen-bond donors (Lipinski definition) is 3. The van der Waals surface area contributed by atoms with Gasteiger partial charge in [0, 0.05) is 36.7 Å². The molecule has 3 heterocycles. The van der Waals surface area contributed by atoms with Gasteiger partial charge in [0.15, 0.2) is 5.65 Å². The molecule has 0 aliphatic rings. The van der Waals surface area contributed by atoms with E-state index in [2.05, 4.69) is 76.2 Å². The van der Waals surface area contributed by atoms with Crippen molar-refractivity contribution in [2.24, 2.45) is 0 Å². The first-order valence-electron chi connectivity index (χ1n) is 10.4. The Morgan fingerprint density at radius 1 is 0.909 bits per heavy atom. The average molecular weight is 501 g/mol. The van der Waals surface area contributed by atoms with Gasteiger partial charge in [0.25, 0.3) is 0 Å². The molecule has 0 fully saturated rings. The summed E-state index contributed by atoms with van der Waals surface area (Å²) in [4.78, 5) is 13.7. The number of nitrogens with one attached hydrogen (secondary N) is 3. The predicted octanol–water partition coefficient (Wildman–Crippen LogP) is 5.35. The monoisotopic (exact) mass is 500 g/mol. The molecule has 0 saturated carbocycles. The maximum absolute atomic E-state index is 4.65. The van der Waals surface area contributed by atoms with Crippen molar-refractivity contribution in [3.05, 3.63) is 89.2 Å². The first kappa shape index (κ1) is 20.9. The summed E-state index contributed by atoms with van der Waals surface area (Å²) in [7, 11) is 1.89. The molecule has 0 aliphatic heterocycles. The molecule has 0 spiro atoms. The Morgan fingerprint density at radius 3 is 2.42 bits per heavy atom. The normalized spacial score (nSPS) is 10.8. The second kappa shape index (κ2) is 9.25. The van der Waals surface area contributed by atoms with Gasteiger partial charge in [-0.15, -0.1) is 0 Å². The van der Waals surface area contributed by atoms with E-state index in [-0.39, 0.29) is 0 Å². The smallest absolute Gasteiger partial charge is 0.232 e. The average Bonchev–Trinajstić information content (AvgIpc) is 3.24. The number of anilines is 4. The van der Waals surface area contributed by atoms with E-state index >= 15 is 0 Å². The molecule has 0 aliphatic carbocycles. The lowest BCUT2D eigenvalue weighted by molar-refractivity contribution is 0.884. The van der Waals surface area contributed by atoms with Crippen molar-refractivity contribution in [1.82, 2.24) is 24.6 Å². The first-order chi connectivity index (χ1) is 16.2. The minimum atomic E-state index is 0.480. The van der Waals surface area contributed by atoms with Crippen molar-refractivity contribution < 1.29 is 0 Å². The van der Waals surface area contributed by atoms with Crippen molar-refractivity contribution in [3.8, 4) is 11.3 Å². The molecule has 0 atom stereocenters. The molecule has 8 nitrogen and oxygen atoms in total. The van der Waals surface area contributed by atoms with Crippen LogP contribution >= 0.6 is 15.9 Å². The van der Waals surface area contributed by atoms with Gasteiger partial charge < -0.3 is 16.0 Å². The summed E-state index contributed by atoms with van der Waals surface area (Å²) in [6, 6.07) is 22.1. The molecule has 3 N–H and O–H groups in total. The van der Waals surface area contributed by atoms with Crippen molar-refractivity contribution in [2.75, 3.05) is 23.0 Å². The number of pyridine rings is 1. The molecule has 5 rings (SSSR count). The summed E-state index contributed by atoms with van der Waals surface area (Å²) in [6.07, 6.45) is 3.51. The van der Waals surface area contributed by atoms with E-state index in [0.717, 1.165) is 32.7 Å². The van der Waals surface area contributed by atoms with Crippen LogP contribution in [0.5, 0.6) is 0 Å². The van der Waals surface area contributed by atoms with Crippen LogP contribution in [-0.2, 0) is 6.54 Å². The number of rotatable bonds is 7. The van der Waals surface area contributed by atoms with E-state index in [1.165, 1.54) is 0 Å². The maximum atomic E-state index is 4.65. The van der Waals surface area contributed by atoms with Crippen LogP contribution in [0.4, 0.5) is 23.3 Å². The lowest BCUT2D eigenvalue weighted by Crippen LogP contribution is -2.10. The van der Waals surface area contributed by atoms with E-state index in [0.29, 0.717) is 24.1 Å². The zero-order valence-electron chi connectivity index (χ0n) is 17.8. The summed E-state index contributed by atoms with van der Waals surface area (Å²) in [6.45, 7) is 0.586. The second-order valence-electron chi connectivity index (χ2n) is 7.32. The van der Waals surface area contributed by atoms with Gasteiger partial charge in [0.05, 0.1) is 16.4 Å². The number of halogens is 1. The molecule has 3 aromatic heterocycles. The SMILES string of the molecule is CNc1ccc(Nc2nc(NCc3ccc(-c4ccccn4)cc3)n3ncc(Br)c3n2)cc1. The van der Waals surface area contributed by atoms with Crippen molar-refractivity contribution >= 4 is 44.8 Å². The zero-order chi connectivity index (χ0) is 22.6. The van der Waals surface area contributed by atoms with Crippen LogP contribution in [0.15, 0.2) is 83.6 Å². The van der Waals surface area contributed by atoms with Crippen molar-refractivity contribution in [2.45, 2.75) is 6.54 Å². The Kier molecular flexibility index (Phi) is 5.86. The summed E-state index contributed by atoms with van der Waals surface area (Å²) < 4.78 is 2.47. The maximum Gasteiger partial charge on any atom is 0.232 e. The summed E-state index contributed by atoms with van der Waals surface area (Å²) >= 11 is 3.52. The van der Waals surface area contributed by atoms with Crippen LogP contribution in [-0.4, -0.2) is 31.6 Å². The Hall–Kier alpha value is -3.98. The highest BCUT2D eigenvalue weighted by atomic mass is 79.9. The van der Waals surface area contributed by atoms with Gasteiger partial charge in [0.1, 0.15) is 0 Å². The van der Waals surface area contributed by atoms with Crippen LogP contribution in [0.1, 0.15) is 5.56 Å². The van der Waals surface area contributed by atoms with Gasteiger partial charge in [-0.1, -0.05) is 30.3 Å². The Morgan fingerprint density at radius 2 is 1.70 bits per heavy atom. The van der Waals surface area contributed by atoms with E-state index < -0.39 is 0 Å². The van der Waals surface area contributed by atoms with Gasteiger partial charge >= 0.3 is 0 Å². The van der Waals surface area contributed by atoms with E-state index in [4.69, 9.17) is 0 Å². The van der Waals surface area contributed by atoms with Gasteiger partial charge in [-0.05, 0) is 57.9 Å². The van der Waals surface area contributed by atoms with E-state index in [9.17, 15) is 0 Å². The van der Waals surface area contributed by atoms with Gasteiger partial charge in [0.2, 0.25) is 11.9 Å². The summed E-state index contributed by atoms with van der Waals surface area (Å²) in [5.74, 6) is 1.07. The molecule has 0 unspecified atom stereocenters. The van der Waals surface area contributed by atoms with Crippen LogP contribution in [0.25, 0.3) is 16.9 Å². The molecule has 33 heavy (non-hydrogen) atoms. The molecule has 9 heteroatoms. The third-order valence-electron chi connectivity index (χ3n) is 5.12. The van der Waals surface area contributed by atoms with Crippen LogP contribution in [0.2, 0.25) is 0 Å². The second-order valence-corrected chi connectivity index (χ2v) is 8.17. The van der Waals surface area contributed by atoms with Crippen molar-refractivity contribution in [1.29, 1.82) is 0 Å².